The number of fused-ring (bicyclic) bond motifs is 1. The number of anilines is 2. The molecular formula is C15H16BN3O2. The van der Waals surface area contributed by atoms with Crippen LogP contribution in [0, 0.1) is 0 Å². The summed E-state index contributed by atoms with van der Waals surface area (Å²) in [5, 5.41) is 10.7. The highest BCUT2D eigenvalue weighted by molar-refractivity contribution is 6.32. The lowest BCUT2D eigenvalue weighted by Gasteiger charge is -2.24. The van der Waals surface area contributed by atoms with Crippen molar-refractivity contribution in [1.29, 1.82) is 0 Å². The van der Waals surface area contributed by atoms with Crippen LogP contribution >= 0.6 is 0 Å². The number of phenolic OH excluding ortho intramolecular Hbond substituents is 1. The van der Waals surface area contributed by atoms with Gasteiger partial charge in [-0.15, -0.1) is 0 Å². The highest BCUT2D eigenvalue weighted by Gasteiger charge is 2.28. The fourth-order valence-electron chi connectivity index (χ4n) is 2.51. The number of benzene rings is 2. The first-order valence-electron chi connectivity index (χ1n) is 6.81. The Morgan fingerprint density at radius 2 is 1.95 bits per heavy atom. The molecular weight excluding hydrogens is 265 g/mol. The van der Waals surface area contributed by atoms with Gasteiger partial charge in [0.2, 0.25) is 0 Å². The van der Waals surface area contributed by atoms with Crippen LogP contribution in [-0.2, 0) is 6.42 Å². The molecule has 21 heavy (non-hydrogen) atoms. The highest BCUT2D eigenvalue weighted by atomic mass is 16.3. The van der Waals surface area contributed by atoms with Gasteiger partial charge in [0.15, 0.2) is 0 Å². The molecule has 0 saturated carbocycles. The van der Waals surface area contributed by atoms with E-state index in [9.17, 15) is 9.90 Å². The molecule has 0 saturated heterocycles. The Balaban J connectivity index is 1.87. The number of hydrogen-bond acceptors (Lipinski definition) is 3. The summed E-state index contributed by atoms with van der Waals surface area (Å²) in [4.78, 5) is 14.1. The lowest BCUT2D eigenvalue weighted by Crippen LogP contribution is -2.47. The normalized spacial score (nSPS) is 13.1. The van der Waals surface area contributed by atoms with Crippen molar-refractivity contribution < 1.29 is 9.90 Å². The molecule has 106 valence electrons. The second kappa shape index (κ2) is 5.14. The molecule has 2 aromatic rings. The monoisotopic (exact) mass is 281 g/mol. The Morgan fingerprint density at radius 1 is 1.24 bits per heavy atom. The molecule has 3 rings (SSSR count). The second-order valence-electron chi connectivity index (χ2n) is 5.20. The first kappa shape index (κ1) is 13.5. The SMILES string of the molecule is Bc1ccc(N(N)C(=O)N2CCc3ccc(O)cc32)cc1. The summed E-state index contributed by atoms with van der Waals surface area (Å²) < 4.78 is 0. The summed E-state index contributed by atoms with van der Waals surface area (Å²) >= 11 is 0. The smallest absolute Gasteiger partial charge is 0.343 e. The van der Waals surface area contributed by atoms with E-state index in [1.165, 1.54) is 0 Å². The maximum absolute atomic E-state index is 12.5. The first-order valence-corrected chi connectivity index (χ1v) is 6.81. The number of hydrazine groups is 1. The van der Waals surface area contributed by atoms with E-state index in [2.05, 4.69) is 0 Å². The van der Waals surface area contributed by atoms with Crippen LogP contribution in [0.4, 0.5) is 16.2 Å². The molecule has 0 fully saturated rings. The number of nitrogens with two attached hydrogens (primary N) is 1. The molecule has 0 unspecified atom stereocenters. The number of hydrogen-bond donors (Lipinski definition) is 2. The quantitative estimate of drug-likeness (QED) is 0.346. The van der Waals surface area contributed by atoms with Crippen molar-refractivity contribution in [2.24, 2.45) is 5.84 Å². The fourth-order valence-corrected chi connectivity index (χ4v) is 2.51. The van der Waals surface area contributed by atoms with Crippen molar-refractivity contribution in [3.8, 4) is 5.75 Å². The Morgan fingerprint density at radius 3 is 2.67 bits per heavy atom. The van der Waals surface area contributed by atoms with Gasteiger partial charge in [-0.05, 0) is 30.2 Å². The largest absolute Gasteiger partial charge is 0.508 e. The van der Waals surface area contributed by atoms with E-state index in [1.807, 2.05) is 38.2 Å². The van der Waals surface area contributed by atoms with E-state index in [4.69, 9.17) is 5.84 Å². The molecule has 0 aromatic heterocycles. The number of carbonyl (C=O) groups is 1. The minimum atomic E-state index is -0.303. The molecule has 3 N–H and O–H groups in total. The molecule has 1 aliphatic heterocycles. The third-order valence-corrected chi connectivity index (χ3v) is 3.71. The molecule has 1 heterocycles. The van der Waals surface area contributed by atoms with Crippen LogP contribution in [0.1, 0.15) is 5.56 Å². The zero-order chi connectivity index (χ0) is 15.0. The molecule has 5 nitrogen and oxygen atoms in total. The average molecular weight is 281 g/mol. The van der Waals surface area contributed by atoms with Crippen LogP contribution < -0.4 is 21.2 Å². The van der Waals surface area contributed by atoms with Crippen LogP contribution in [0.15, 0.2) is 42.5 Å². The van der Waals surface area contributed by atoms with Gasteiger partial charge in [-0.2, -0.15) is 0 Å². The Bertz CT molecular complexity index is 688. The van der Waals surface area contributed by atoms with Gasteiger partial charge in [-0.3, -0.25) is 4.90 Å². The van der Waals surface area contributed by atoms with E-state index in [1.54, 1.807) is 17.0 Å². The van der Waals surface area contributed by atoms with E-state index in [0.29, 0.717) is 12.2 Å². The summed E-state index contributed by atoms with van der Waals surface area (Å²) in [7, 11) is 1.98. The van der Waals surface area contributed by atoms with Gasteiger partial charge >= 0.3 is 6.03 Å². The Hall–Kier alpha value is -2.47. The number of urea groups is 1. The topological polar surface area (TPSA) is 69.8 Å². The second-order valence-corrected chi connectivity index (χ2v) is 5.20. The number of aromatic hydroxyl groups is 1. The first-order chi connectivity index (χ1) is 10.1. The van der Waals surface area contributed by atoms with Gasteiger partial charge < -0.3 is 5.11 Å². The zero-order valence-electron chi connectivity index (χ0n) is 11.8. The Labute approximate surface area is 124 Å². The molecule has 0 atom stereocenters. The maximum atomic E-state index is 12.5. The number of phenols is 1. The number of amides is 2. The van der Waals surface area contributed by atoms with Crippen LogP contribution in [0.25, 0.3) is 0 Å². The average Bonchev–Trinajstić information content (AvgIpc) is 2.89. The third-order valence-electron chi connectivity index (χ3n) is 3.71. The van der Waals surface area contributed by atoms with Crippen LogP contribution in [0.2, 0.25) is 0 Å². The van der Waals surface area contributed by atoms with E-state index in [0.717, 1.165) is 28.1 Å². The van der Waals surface area contributed by atoms with Crippen molar-refractivity contribution in [3.63, 3.8) is 0 Å². The predicted molar refractivity (Wildman–Crippen MR) is 85.8 cm³/mol. The van der Waals surface area contributed by atoms with E-state index in [-0.39, 0.29) is 11.8 Å². The number of carbonyl (C=O) groups excluding carboxylic acids is 1. The molecule has 1 aliphatic rings. The van der Waals surface area contributed by atoms with Crippen molar-refractivity contribution in [3.05, 3.63) is 48.0 Å². The zero-order valence-corrected chi connectivity index (χ0v) is 11.8. The highest BCUT2D eigenvalue weighted by Crippen LogP contribution is 2.32. The van der Waals surface area contributed by atoms with Gasteiger partial charge in [0.1, 0.15) is 13.6 Å². The number of nitrogens with zero attached hydrogens (tertiary/aromatic N) is 2. The molecule has 0 radical (unpaired) electrons. The van der Waals surface area contributed by atoms with Gasteiger partial charge in [0.25, 0.3) is 0 Å². The van der Waals surface area contributed by atoms with Gasteiger partial charge in [0.05, 0.1) is 11.4 Å². The minimum Gasteiger partial charge on any atom is -0.508 e. The standard InChI is InChI=1S/C15H16BN3O2/c16-11-2-4-12(5-3-11)19(17)15(21)18-8-7-10-1-6-13(20)9-14(10)18/h1-6,9,20H,7-8,16-17H2. The summed E-state index contributed by atoms with van der Waals surface area (Å²) in [6.07, 6.45) is 0.767. The lowest BCUT2D eigenvalue weighted by atomic mass is 9.96. The summed E-state index contributed by atoms with van der Waals surface area (Å²) in [5.74, 6) is 6.09. The van der Waals surface area contributed by atoms with Crippen molar-refractivity contribution in [2.75, 3.05) is 16.5 Å². The van der Waals surface area contributed by atoms with E-state index < -0.39 is 0 Å². The molecule has 2 amide bonds. The Kier molecular flexibility index (Phi) is 3.31. The molecule has 0 aliphatic carbocycles. The molecule has 0 bridgehead atoms. The molecule has 0 spiro atoms. The van der Waals surface area contributed by atoms with E-state index >= 15 is 0 Å². The third kappa shape index (κ3) is 2.45. The minimum absolute atomic E-state index is 0.146. The summed E-state index contributed by atoms with van der Waals surface area (Å²) in [6, 6.07) is 12.2. The summed E-state index contributed by atoms with van der Waals surface area (Å²) in [6.45, 7) is 0.567. The van der Waals surface area contributed by atoms with Crippen molar-refractivity contribution in [2.45, 2.75) is 6.42 Å². The summed E-state index contributed by atoms with van der Waals surface area (Å²) in [5.41, 5.74) is 3.51. The maximum Gasteiger partial charge on any atom is 0.343 e. The van der Waals surface area contributed by atoms with Crippen LogP contribution in [0.5, 0.6) is 5.75 Å². The van der Waals surface area contributed by atoms with Gasteiger partial charge in [-0.25, -0.2) is 15.6 Å². The number of rotatable bonds is 1. The van der Waals surface area contributed by atoms with Gasteiger partial charge in [-0.1, -0.05) is 23.7 Å². The lowest BCUT2D eigenvalue weighted by molar-refractivity contribution is 0.252. The molecule has 2 aromatic carbocycles. The van der Waals surface area contributed by atoms with Gasteiger partial charge in [0, 0.05) is 12.6 Å². The van der Waals surface area contributed by atoms with Crippen LogP contribution in [0.3, 0.4) is 0 Å². The predicted octanol–water partition coefficient (Wildman–Crippen LogP) is 0.513. The van der Waals surface area contributed by atoms with Crippen molar-refractivity contribution >= 4 is 30.7 Å². The fraction of sp³-hybridized carbons (Fsp3) is 0.133. The molecule has 6 heteroatoms. The van der Waals surface area contributed by atoms with Crippen LogP contribution in [-0.4, -0.2) is 25.5 Å². The van der Waals surface area contributed by atoms with Crippen molar-refractivity contribution in [1.82, 2.24) is 0 Å².